The van der Waals surface area contributed by atoms with Crippen LogP contribution in [0, 0.1) is 11.6 Å². The number of nitrogen functional groups attached to an aromatic ring is 1. The Kier molecular flexibility index (Phi) is 7.01. The molecule has 4 heterocycles. The number of sulfonamides is 1. The molecule has 3 N–H and O–H groups in total. The summed E-state index contributed by atoms with van der Waals surface area (Å²) in [5.41, 5.74) is 8.28. The van der Waals surface area contributed by atoms with Crippen LogP contribution in [0.15, 0.2) is 72.0 Å². The van der Waals surface area contributed by atoms with Gasteiger partial charge in [-0.3, -0.25) is 4.57 Å². The number of nitrogens with two attached hydrogens (primary N) is 1. The minimum atomic E-state index is -4.03. The van der Waals surface area contributed by atoms with E-state index in [-0.39, 0.29) is 4.90 Å². The second-order valence-corrected chi connectivity index (χ2v) is 11.6. The van der Waals surface area contributed by atoms with Crippen molar-refractivity contribution in [3.8, 4) is 17.1 Å². The molecule has 3 aromatic heterocycles. The molecule has 1 aliphatic heterocycles. The van der Waals surface area contributed by atoms with Gasteiger partial charge in [-0.2, -0.15) is 0 Å². The lowest BCUT2D eigenvalue weighted by atomic mass is 10.1. The zero-order chi connectivity index (χ0) is 28.7. The molecule has 5 aromatic rings. The van der Waals surface area contributed by atoms with Crippen LogP contribution < -0.4 is 15.4 Å². The van der Waals surface area contributed by atoms with E-state index in [1.807, 2.05) is 33.7 Å². The molecule has 1 fully saturated rings. The molecule has 6 rings (SSSR count). The lowest BCUT2D eigenvalue weighted by Gasteiger charge is -2.33. The van der Waals surface area contributed by atoms with Gasteiger partial charge in [-0.25, -0.2) is 41.9 Å². The minimum Gasteiger partial charge on any atom is -0.384 e. The molecule has 2 aromatic carbocycles. The highest BCUT2D eigenvalue weighted by Gasteiger charge is 2.28. The van der Waals surface area contributed by atoms with Gasteiger partial charge in [0.05, 0.1) is 21.8 Å². The van der Waals surface area contributed by atoms with Gasteiger partial charge in [-0.05, 0) is 55.3 Å². The van der Waals surface area contributed by atoms with Crippen molar-refractivity contribution in [2.24, 2.45) is 0 Å². The molecule has 210 valence electrons. The summed E-state index contributed by atoms with van der Waals surface area (Å²) in [5.74, 6) is -0.821. The molecule has 0 aliphatic carbocycles. The lowest BCUT2D eigenvalue weighted by molar-refractivity contribution is 0.458. The number of nitrogens with one attached hydrogen (secondary N) is 1. The third kappa shape index (κ3) is 5.19. The fourth-order valence-corrected chi connectivity index (χ4v) is 6.39. The highest BCUT2D eigenvalue weighted by atomic mass is 35.5. The fourth-order valence-electron chi connectivity index (χ4n) is 4.85. The summed E-state index contributed by atoms with van der Waals surface area (Å²) in [7, 11) is -4.03. The van der Waals surface area contributed by atoms with Gasteiger partial charge in [0.2, 0.25) is 10.0 Å². The Labute approximate surface area is 238 Å². The number of hydrogen-bond donors (Lipinski definition) is 2. The Bertz CT molecular complexity index is 1860. The van der Waals surface area contributed by atoms with Gasteiger partial charge in [-0.1, -0.05) is 23.7 Å². The molecule has 1 aliphatic rings. The van der Waals surface area contributed by atoms with Crippen LogP contribution in [-0.4, -0.2) is 52.1 Å². The first-order valence-electron chi connectivity index (χ1n) is 12.6. The van der Waals surface area contributed by atoms with Crippen molar-refractivity contribution in [3.63, 3.8) is 0 Å². The average molecular weight is 597 g/mol. The van der Waals surface area contributed by atoms with E-state index in [1.165, 1.54) is 6.33 Å². The van der Waals surface area contributed by atoms with Gasteiger partial charge in [0.25, 0.3) is 0 Å². The van der Waals surface area contributed by atoms with Gasteiger partial charge >= 0.3 is 0 Å². The number of rotatable bonds is 6. The first-order chi connectivity index (χ1) is 19.7. The highest BCUT2D eigenvalue weighted by molar-refractivity contribution is 7.89. The Hall–Kier alpha value is -4.20. The quantitative estimate of drug-likeness (QED) is 0.296. The normalized spacial score (nSPS) is 14.6. The summed E-state index contributed by atoms with van der Waals surface area (Å²) >= 11 is 6.56. The number of aromatic nitrogens is 5. The van der Waals surface area contributed by atoms with Gasteiger partial charge < -0.3 is 10.6 Å². The first-order valence-corrected chi connectivity index (χ1v) is 14.5. The van der Waals surface area contributed by atoms with Crippen LogP contribution in [-0.2, 0) is 10.0 Å². The number of fused-ring (bicyclic) bond motifs is 1. The van der Waals surface area contributed by atoms with Crippen LogP contribution in [0.3, 0.4) is 0 Å². The van der Waals surface area contributed by atoms with E-state index in [2.05, 4.69) is 19.7 Å². The average Bonchev–Trinajstić information content (AvgIpc) is 3.35. The molecule has 0 radical (unpaired) electrons. The Balaban J connectivity index is 1.31. The third-order valence-corrected chi connectivity index (χ3v) is 8.73. The van der Waals surface area contributed by atoms with E-state index in [0.717, 1.165) is 12.1 Å². The monoisotopic (exact) mass is 596 g/mol. The second kappa shape index (κ2) is 10.7. The van der Waals surface area contributed by atoms with Crippen LogP contribution in [0.25, 0.3) is 28.2 Å². The van der Waals surface area contributed by atoms with E-state index in [9.17, 15) is 17.2 Å². The van der Waals surface area contributed by atoms with Gasteiger partial charge in [0.1, 0.15) is 18.0 Å². The summed E-state index contributed by atoms with van der Waals surface area (Å²) in [4.78, 5) is 19.9. The Morgan fingerprint density at radius 2 is 1.76 bits per heavy atom. The number of hydrogen-bond acceptors (Lipinski definition) is 8. The lowest BCUT2D eigenvalue weighted by Crippen LogP contribution is -2.45. The second-order valence-electron chi connectivity index (χ2n) is 9.52. The van der Waals surface area contributed by atoms with E-state index < -0.39 is 27.7 Å². The van der Waals surface area contributed by atoms with Crippen LogP contribution in [0.2, 0.25) is 5.02 Å². The number of halogens is 3. The van der Waals surface area contributed by atoms with Crippen molar-refractivity contribution in [1.82, 2.24) is 29.2 Å². The molecule has 0 bridgehead atoms. The van der Waals surface area contributed by atoms with Crippen molar-refractivity contribution < 1.29 is 17.2 Å². The SMILES string of the molecule is Nc1ccc(-n2c(-c3ccccc3Cl)nc3c(N4CCC(NS(=O)(=O)c5ccc(F)c(F)c5)CC4)ncnc32)cn1. The molecular weight excluding hydrogens is 574 g/mol. The maximum Gasteiger partial charge on any atom is 0.240 e. The number of pyridine rings is 1. The summed E-state index contributed by atoms with van der Waals surface area (Å²) < 4.78 is 56.9. The zero-order valence-electron chi connectivity index (χ0n) is 21.4. The van der Waals surface area contributed by atoms with Crippen molar-refractivity contribution in [2.45, 2.75) is 23.8 Å². The molecule has 41 heavy (non-hydrogen) atoms. The Morgan fingerprint density at radius 1 is 0.976 bits per heavy atom. The molecule has 0 saturated carbocycles. The molecule has 0 amide bonds. The van der Waals surface area contributed by atoms with Crippen LogP contribution in [0.4, 0.5) is 20.4 Å². The van der Waals surface area contributed by atoms with Gasteiger partial charge in [-0.15, -0.1) is 0 Å². The minimum absolute atomic E-state index is 0.328. The summed E-state index contributed by atoms with van der Waals surface area (Å²) in [6.07, 6.45) is 3.99. The number of piperidine rings is 1. The summed E-state index contributed by atoms with van der Waals surface area (Å²) in [6.45, 7) is 0.934. The molecule has 14 heteroatoms. The topological polar surface area (TPSA) is 132 Å². The number of nitrogens with zero attached hydrogens (tertiary/aromatic N) is 6. The maximum atomic E-state index is 13.6. The third-order valence-electron chi connectivity index (χ3n) is 6.89. The standard InChI is InChI=1S/C27H23ClF2N8O2S/c28-20-4-2-1-3-19(20)25-35-24-26(33-15-34-27(24)38(25)17-5-8-23(31)32-14-17)37-11-9-16(10-12-37)36-41(39,40)18-6-7-21(29)22(30)13-18/h1-8,13-16,36H,9-12H2,(H2,31,32). The smallest absolute Gasteiger partial charge is 0.240 e. The maximum absolute atomic E-state index is 13.6. The molecular formula is C27H23ClF2N8O2S. The predicted octanol–water partition coefficient (Wildman–Crippen LogP) is 4.34. The van der Waals surface area contributed by atoms with Crippen molar-refractivity contribution >= 4 is 44.4 Å². The van der Waals surface area contributed by atoms with E-state index in [1.54, 1.807) is 18.3 Å². The van der Waals surface area contributed by atoms with Crippen LogP contribution in [0.5, 0.6) is 0 Å². The number of anilines is 2. The molecule has 10 nitrogen and oxygen atoms in total. The van der Waals surface area contributed by atoms with Crippen molar-refractivity contribution in [3.05, 3.63) is 83.8 Å². The largest absolute Gasteiger partial charge is 0.384 e. The molecule has 1 saturated heterocycles. The summed E-state index contributed by atoms with van der Waals surface area (Å²) in [5, 5.41) is 0.510. The van der Waals surface area contributed by atoms with Crippen LogP contribution in [0.1, 0.15) is 12.8 Å². The van der Waals surface area contributed by atoms with Crippen LogP contribution >= 0.6 is 11.6 Å². The predicted molar refractivity (Wildman–Crippen MR) is 151 cm³/mol. The number of benzene rings is 2. The molecule has 0 spiro atoms. The number of imidazole rings is 1. The zero-order valence-corrected chi connectivity index (χ0v) is 22.9. The first kappa shape index (κ1) is 27.0. The summed E-state index contributed by atoms with van der Waals surface area (Å²) in [6, 6.07) is 12.9. The van der Waals surface area contributed by atoms with Gasteiger partial charge in [0, 0.05) is 24.7 Å². The Morgan fingerprint density at radius 3 is 2.46 bits per heavy atom. The van der Waals surface area contributed by atoms with Gasteiger partial charge in [0.15, 0.2) is 28.6 Å². The van der Waals surface area contributed by atoms with E-state index >= 15 is 0 Å². The van der Waals surface area contributed by atoms with E-state index in [4.69, 9.17) is 22.3 Å². The van der Waals surface area contributed by atoms with E-state index in [0.29, 0.717) is 76.9 Å². The molecule has 0 unspecified atom stereocenters. The van der Waals surface area contributed by atoms with Crippen molar-refractivity contribution in [2.75, 3.05) is 23.7 Å². The highest BCUT2D eigenvalue weighted by Crippen LogP contribution is 2.35. The molecule has 0 atom stereocenters. The van der Waals surface area contributed by atoms with Crippen molar-refractivity contribution in [1.29, 1.82) is 0 Å². The fraction of sp³-hybridized carbons (Fsp3) is 0.185.